The Morgan fingerprint density at radius 1 is 1.21 bits per heavy atom. The van der Waals surface area contributed by atoms with E-state index < -0.39 is 5.54 Å². The quantitative estimate of drug-likeness (QED) is 0.596. The number of fused-ring (bicyclic) bond motifs is 1. The second kappa shape index (κ2) is 2.74. The molecule has 1 heterocycles. The van der Waals surface area contributed by atoms with Crippen molar-refractivity contribution in [3.05, 3.63) is 34.7 Å². The largest absolute Gasteiger partial charge is 0.509 e. The van der Waals surface area contributed by atoms with Crippen molar-refractivity contribution in [1.29, 1.82) is 0 Å². The van der Waals surface area contributed by atoms with Gasteiger partial charge in [-0.25, -0.2) is 0 Å². The molecule has 2 rings (SSSR count). The van der Waals surface area contributed by atoms with Crippen LogP contribution in [0.3, 0.4) is 0 Å². The molecule has 0 saturated heterocycles. The smallest absolute Gasteiger partial charge is 0.195 e. The maximum absolute atomic E-state index is 13.5. The van der Waals surface area contributed by atoms with Crippen LogP contribution in [0.25, 0.3) is 11.7 Å². The van der Waals surface area contributed by atoms with Gasteiger partial charge in [-0.2, -0.15) is 4.39 Å². The van der Waals surface area contributed by atoms with Gasteiger partial charge in [0.15, 0.2) is 5.95 Å². The van der Waals surface area contributed by atoms with E-state index >= 15 is 0 Å². The number of hydrogen-bond donors (Lipinski definition) is 2. The van der Waals surface area contributed by atoms with Crippen LogP contribution in [-0.4, -0.2) is 10.6 Å². The van der Waals surface area contributed by atoms with Crippen LogP contribution in [0.15, 0.2) is 24.3 Å². The number of aliphatic hydroxyl groups excluding tert-OH is 1. The van der Waals surface area contributed by atoms with Crippen molar-refractivity contribution in [3.63, 3.8) is 0 Å². The summed E-state index contributed by atoms with van der Waals surface area (Å²) in [5.41, 5.74) is -0.738. The summed E-state index contributed by atoms with van der Waals surface area (Å²) in [7, 11) is 0. The fourth-order valence-corrected chi connectivity index (χ4v) is 1.62. The lowest BCUT2D eigenvalue weighted by Crippen LogP contribution is -2.50. The van der Waals surface area contributed by atoms with E-state index in [9.17, 15) is 9.50 Å². The van der Waals surface area contributed by atoms with Crippen molar-refractivity contribution < 1.29 is 9.50 Å². The van der Waals surface area contributed by atoms with Gasteiger partial charge in [0.2, 0.25) is 0 Å². The third-order valence-electron chi connectivity index (χ3n) is 2.43. The van der Waals surface area contributed by atoms with Gasteiger partial charge in [-0.3, -0.25) is 0 Å². The summed E-state index contributed by atoms with van der Waals surface area (Å²) in [5.74, 6) is -0.210. The van der Waals surface area contributed by atoms with Crippen LogP contribution in [0.5, 0.6) is 0 Å². The third-order valence-corrected chi connectivity index (χ3v) is 2.43. The zero-order valence-corrected chi connectivity index (χ0v) is 8.13. The first kappa shape index (κ1) is 9.06. The molecular formula is C11H12FNO. The van der Waals surface area contributed by atoms with Crippen molar-refractivity contribution in [2.24, 2.45) is 0 Å². The first-order chi connectivity index (χ1) is 6.52. The molecule has 74 valence electrons. The van der Waals surface area contributed by atoms with Gasteiger partial charge in [0.25, 0.3) is 0 Å². The highest BCUT2D eigenvalue weighted by atomic mass is 19.1. The van der Waals surface area contributed by atoms with Gasteiger partial charge in [-0.15, -0.1) is 0 Å². The molecule has 3 heteroatoms. The van der Waals surface area contributed by atoms with Crippen LogP contribution < -0.4 is 15.8 Å². The van der Waals surface area contributed by atoms with Crippen molar-refractivity contribution in [1.82, 2.24) is 5.32 Å². The predicted molar refractivity (Wildman–Crippen MR) is 53.5 cm³/mol. The lowest BCUT2D eigenvalue weighted by Gasteiger charge is -2.28. The Morgan fingerprint density at radius 3 is 2.43 bits per heavy atom. The highest BCUT2D eigenvalue weighted by Gasteiger charge is 2.28. The average molecular weight is 193 g/mol. The molecule has 0 bridgehead atoms. The molecule has 1 aliphatic rings. The number of hydrogen-bond acceptors (Lipinski definition) is 2. The molecular weight excluding hydrogens is 181 g/mol. The van der Waals surface area contributed by atoms with Crippen molar-refractivity contribution in [2.45, 2.75) is 19.4 Å². The van der Waals surface area contributed by atoms with Gasteiger partial charge in [0.1, 0.15) is 5.76 Å². The monoisotopic (exact) mass is 193 g/mol. The highest BCUT2D eigenvalue weighted by molar-refractivity contribution is 5.56. The number of halogens is 1. The van der Waals surface area contributed by atoms with E-state index in [1.807, 2.05) is 0 Å². The minimum atomic E-state index is -0.738. The van der Waals surface area contributed by atoms with Crippen molar-refractivity contribution >= 4 is 11.7 Å². The number of nitrogens with one attached hydrogen (secondary N) is 1. The Balaban J connectivity index is 2.92. The molecule has 2 N–H and O–H groups in total. The van der Waals surface area contributed by atoms with Gasteiger partial charge < -0.3 is 10.4 Å². The van der Waals surface area contributed by atoms with Crippen LogP contribution in [0.2, 0.25) is 0 Å². The van der Waals surface area contributed by atoms with E-state index in [1.54, 1.807) is 38.1 Å². The molecule has 0 unspecified atom stereocenters. The minimum Gasteiger partial charge on any atom is -0.509 e. The standard InChI is InChI=1S/C11H12FNO/c1-11(2)9(14)7-5-3-4-6-8(7)10(12)13-11/h3-6,13-14H,1-2H3. The molecule has 0 aliphatic carbocycles. The minimum absolute atomic E-state index is 0.175. The van der Waals surface area contributed by atoms with Crippen molar-refractivity contribution in [3.8, 4) is 0 Å². The molecule has 1 aromatic carbocycles. The second-order valence-corrected chi connectivity index (χ2v) is 3.96. The highest BCUT2D eigenvalue weighted by Crippen LogP contribution is 2.16. The lowest BCUT2D eigenvalue weighted by atomic mass is 9.97. The van der Waals surface area contributed by atoms with Gasteiger partial charge in [0.05, 0.1) is 5.54 Å². The van der Waals surface area contributed by atoms with Gasteiger partial charge >= 0.3 is 0 Å². The lowest BCUT2D eigenvalue weighted by molar-refractivity contribution is 0.371. The zero-order valence-electron chi connectivity index (χ0n) is 8.13. The van der Waals surface area contributed by atoms with Crippen LogP contribution >= 0.6 is 0 Å². The summed E-state index contributed by atoms with van der Waals surface area (Å²) < 4.78 is 13.5. The number of aliphatic hydroxyl groups is 1. The van der Waals surface area contributed by atoms with Crippen molar-refractivity contribution in [2.75, 3.05) is 0 Å². The topological polar surface area (TPSA) is 32.3 Å². The fraction of sp³-hybridized carbons (Fsp3) is 0.273. The van der Waals surface area contributed by atoms with E-state index in [4.69, 9.17) is 0 Å². The zero-order chi connectivity index (χ0) is 10.3. The third kappa shape index (κ3) is 1.16. The summed E-state index contributed by atoms with van der Waals surface area (Å²) >= 11 is 0. The van der Waals surface area contributed by atoms with Crippen LogP contribution in [0.1, 0.15) is 13.8 Å². The molecule has 0 amide bonds. The summed E-state index contributed by atoms with van der Waals surface area (Å²) in [6.45, 7) is 3.47. The molecule has 0 radical (unpaired) electrons. The first-order valence-electron chi connectivity index (χ1n) is 4.49. The summed E-state index contributed by atoms with van der Waals surface area (Å²) in [6.07, 6.45) is 0. The molecule has 0 saturated carbocycles. The Kier molecular flexibility index (Phi) is 1.77. The molecule has 1 aliphatic heterocycles. The number of benzene rings is 1. The van der Waals surface area contributed by atoms with Crippen LogP contribution in [0.4, 0.5) is 4.39 Å². The molecule has 2 nitrogen and oxygen atoms in total. The Labute approximate surface area is 81.4 Å². The Bertz CT molecular complexity index is 490. The summed E-state index contributed by atoms with van der Waals surface area (Å²) in [5, 5.41) is 13.5. The molecule has 14 heavy (non-hydrogen) atoms. The molecule has 0 fully saturated rings. The number of rotatable bonds is 0. The molecule has 0 atom stereocenters. The van der Waals surface area contributed by atoms with E-state index in [0.29, 0.717) is 10.4 Å². The van der Waals surface area contributed by atoms with Gasteiger partial charge in [-0.05, 0) is 19.9 Å². The molecule has 0 aromatic heterocycles. The van der Waals surface area contributed by atoms with Gasteiger partial charge in [-0.1, -0.05) is 18.2 Å². The maximum atomic E-state index is 13.5. The van der Waals surface area contributed by atoms with E-state index in [1.165, 1.54) is 0 Å². The second-order valence-electron chi connectivity index (χ2n) is 3.96. The van der Waals surface area contributed by atoms with Gasteiger partial charge in [0, 0.05) is 10.4 Å². The maximum Gasteiger partial charge on any atom is 0.195 e. The van der Waals surface area contributed by atoms with E-state index in [2.05, 4.69) is 5.32 Å². The summed E-state index contributed by atoms with van der Waals surface area (Å²) in [6, 6.07) is 6.88. The average Bonchev–Trinajstić information content (AvgIpc) is 2.14. The first-order valence-corrected chi connectivity index (χ1v) is 4.49. The Morgan fingerprint density at radius 2 is 1.79 bits per heavy atom. The normalized spacial score (nSPS) is 18.8. The summed E-state index contributed by atoms with van der Waals surface area (Å²) in [4.78, 5) is 0. The SMILES string of the molecule is CC1(C)NC(F)=c2ccccc2=C1O. The van der Waals surface area contributed by atoms with E-state index in [-0.39, 0.29) is 11.7 Å². The predicted octanol–water partition coefficient (Wildman–Crippen LogP) is 0.770. The fourth-order valence-electron chi connectivity index (χ4n) is 1.62. The molecule has 0 spiro atoms. The van der Waals surface area contributed by atoms with Crippen LogP contribution in [-0.2, 0) is 0 Å². The molecule has 1 aromatic rings. The van der Waals surface area contributed by atoms with Crippen LogP contribution in [0, 0.1) is 0 Å². The Hall–Kier alpha value is -1.51. The van der Waals surface area contributed by atoms with E-state index in [0.717, 1.165) is 0 Å².